The molecule has 8 heteroatoms. The van der Waals surface area contributed by atoms with Crippen molar-refractivity contribution >= 4 is 11.9 Å². The summed E-state index contributed by atoms with van der Waals surface area (Å²) in [5, 5.41) is 12.9. The lowest BCUT2D eigenvalue weighted by Crippen LogP contribution is -2.48. The number of carbonyl (C=O) groups is 2. The Labute approximate surface area is 150 Å². The Morgan fingerprint density at radius 1 is 1.08 bits per heavy atom. The van der Waals surface area contributed by atoms with E-state index in [2.05, 4.69) is 10.00 Å². The summed E-state index contributed by atoms with van der Waals surface area (Å²) in [6, 6.07) is 8.08. The highest BCUT2D eigenvalue weighted by atomic mass is 19.1. The van der Waals surface area contributed by atoms with Gasteiger partial charge < -0.3 is 10.0 Å². The van der Waals surface area contributed by atoms with Gasteiger partial charge in [0.05, 0.1) is 13.0 Å². The van der Waals surface area contributed by atoms with Crippen molar-refractivity contribution in [2.24, 2.45) is 0 Å². The Morgan fingerprint density at radius 3 is 2.42 bits per heavy atom. The van der Waals surface area contributed by atoms with E-state index in [0.717, 1.165) is 25.2 Å². The average molecular weight is 360 g/mol. The van der Waals surface area contributed by atoms with Crippen LogP contribution in [0.3, 0.4) is 0 Å². The number of amides is 1. The molecule has 0 radical (unpaired) electrons. The Morgan fingerprint density at radius 2 is 1.77 bits per heavy atom. The van der Waals surface area contributed by atoms with E-state index in [0.29, 0.717) is 18.8 Å². The first kappa shape index (κ1) is 18.1. The van der Waals surface area contributed by atoms with Crippen LogP contribution in [0, 0.1) is 5.82 Å². The summed E-state index contributed by atoms with van der Waals surface area (Å²) in [5.41, 5.74) is 1.38. The number of aliphatic carboxylic acids is 1. The zero-order valence-corrected chi connectivity index (χ0v) is 14.3. The second-order valence-electron chi connectivity index (χ2n) is 6.30. The number of carboxylic acid groups (broad SMARTS) is 1. The lowest BCUT2D eigenvalue weighted by Gasteiger charge is -2.34. The van der Waals surface area contributed by atoms with Gasteiger partial charge in [-0.15, -0.1) is 0 Å². The molecule has 2 heterocycles. The summed E-state index contributed by atoms with van der Waals surface area (Å²) >= 11 is 0. The molecule has 1 fully saturated rings. The molecule has 1 aromatic carbocycles. The number of benzene rings is 1. The van der Waals surface area contributed by atoms with E-state index in [1.807, 2.05) is 0 Å². The molecular weight excluding hydrogens is 339 g/mol. The maximum absolute atomic E-state index is 13.0. The number of hydrogen-bond donors (Lipinski definition) is 1. The number of carbonyl (C=O) groups excluding carboxylic acids is 1. The fraction of sp³-hybridized carbons (Fsp3) is 0.389. The minimum Gasteiger partial charge on any atom is -0.481 e. The van der Waals surface area contributed by atoms with Crippen LogP contribution >= 0.6 is 0 Å². The molecule has 1 aliphatic heterocycles. The molecule has 1 N–H and O–H groups in total. The predicted molar refractivity (Wildman–Crippen MR) is 92.1 cm³/mol. The smallest absolute Gasteiger partial charge is 0.305 e. The zero-order valence-electron chi connectivity index (χ0n) is 14.3. The second-order valence-corrected chi connectivity index (χ2v) is 6.30. The topological polar surface area (TPSA) is 78.7 Å². The Bertz CT molecular complexity index is 767. The van der Waals surface area contributed by atoms with Gasteiger partial charge in [0.15, 0.2) is 0 Å². The van der Waals surface area contributed by atoms with Crippen LogP contribution in [0.4, 0.5) is 4.39 Å². The van der Waals surface area contributed by atoms with E-state index in [-0.39, 0.29) is 24.7 Å². The monoisotopic (exact) mass is 360 g/mol. The van der Waals surface area contributed by atoms with Crippen molar-refractivity contribution in [3.63, 3.8) is 0 Å². The van der Waals surface area contributed by atoms with Crippen molar-refractivity contribution in [3.8, 4) is 0 Å². The highest BCUT2D eigenvalue weighted by Crippen LogP contribution is 2.12. The molecule has 26 heavy (non-hydrogen) atoms. The molecule has 1 amide bonds. The van der Waals surface area contributed by atoms with Crippen molar-refractivity contribution < 1.29 is 19.1 Å². The highest BCUT2D eigenvalue weighted by Gasteiger charge is 2.23. The van der Waals surface area contributed by atoms with Crippen LogP contribution in [-0.2, 0) is 17.9 Å². The molecule has 2 aromatic rings. The minimum atomic E-state index is -0.898. The van der Waals surface area contributed by atoms with Gasteiger partial charge in [0, 0.05) is 38.9 Å². The van der Waals surface area contributed by atoms with E-state index < -0.39 is 5.97 Å². The van der Waals surface area contributed by atoms with Gasteiger partial charge in [-0.25, -0.2) is 4.39 Å². The van der Waals surface area contributed by atoms with Crippen molar-refractivity contribution in [1.82, 2.24) is 19.6 Å². The predicted octanol–water partition coefficient (Wildman–Crippen LogP) is 1.45. The maximum atomic E-state index is 13.0. The molecule has 1 aromatic heterocycles. The first-order valence-electron chi connectivity index (χ1n) is 8.52. The molecule has 0 atom stereocenters. The summed E-state index contributed by atoms with van der Waals surface area (Å²) in [5.74, 6) is -1.28. The summed E-state index contributed by atoms with van der Waals surface area (Å²) in [6.45, 7) is 3.65. The molecule has 3 rings (SSSR count). The first-order valence-corrected chi connectivity index (χ1v) is 8.52. The third kappa shape index (κ3) is 4.66. The molecule has 0 spiro atoms. The second kappa shape index (κ2) is 8.09. The highest BCUT2D eigenvalue weighted by molar-refractivity contribution is 5.92. The summed E-state index contributed by atoms with van der Waals surface area (Å²) < 4.78 is 14.4. The van der Waals surface area contributed by atoms with E-state index in [4.69, 9.17) is 5.11 Å². The van der Waals surface area contributed by atoms with Gasteiger partial charge in [0.25, 0.3) is 5.91 Å². The fourth-order valence-corrected chi connectivity index (χ4v) is 2.93. The quantitative estimate of drug-likeness (QED) is 0.844. The maximum Gasteiger partial charge on any atom is 0.305 e. The number of hydrogen-bond acceptors (Lipinski definition) is 4. The van der Waals surface area contributed by atoms with E-state index >= 15 is 0 Å². The van der Waals surface area contributed by atoms with Crippen LogP contribution in [0.15, 0.2) is 36.5 Å². The summed E-state index contributed by atoms with van der Waals surface area (Å²) in [7, 11) is 0. The SMILES string of the molecule is O=C(O)CCn1ccc(C(=O)N2CCN(Cc3ccc(F)cc3)CC2)n1. The number of piperazine rings is 1. The lowest BCUT2D eigenvalue weighted by atomic mass is 10.2. The van der Waals surface area contributed by atoms with Gasteiger partial charge >= 0.3 is 5.97 Å². The lowest BCUT2D eigenvalue weighted by molar-refractivity contribution is -0.137. The standard InChI is InChI=1S/C18H21FN4O3/c19-15-3-1-14(2-4-15)13-21-9-11-22(12-10-21)18(26)16-5-7-23(20-16)8-6-17(24)25/h1-5,7H,6,8-13H2,(H,24,25). The largest absolute Gasteiger partial charge is 0.481 e. The van der Waals surface area contributed by atoms with Crippen LogP contribution in [0.2, 0.25) is 0 Å². The molecule has 7 nitrogen and oxygen atoms in total. The molecule has 1 saturated heterocycles. The van der Waals surface area contributed by atoms with Crippen molar-refractivity contribution in [2.75, 3.05) is 26.2 Å². The summed E-state index contributed by atoms with van der Waals surface area (Å²) in [4.78, 5) is 27.1. The first-order chi connectivity index (χ1) is 12.5. The number of carboxylic acids is 1. The summed E-state index contributed by atoms with van der Waals surface area (Å²) in [6.07, 6.45) is 1.60. The Balaban J connectivity index is 1.50. The Hall–Kier alpha value is -2.74. The van der Waals surface area contributed by atoms with Gasteiger partial charge in [-0.3, -0.25) is 19.2 Å². The molecule has 0 aliphatic carbocycles. The Kier molecular flexibility index (Phi) is 5.62. The molecule has 0 unspecified atom stereocenters. The van der Waals surface area contributed by atoms with Crippen LogP contribution in [0.1, 0.15) is 22.5 Å². The van der Waals surface area contributed by atoms with Gasteiger partial charge in [-0.1, -0.05) is 12.1 Å². The number of nitrogens with zero attached hydrogens (tertiary/aromatic N) is 4. The van der Waals surface area contributed by atoms with Crippen molar-refractivity contribution in [2.45, 2.75) is 19.5 Å². The number of rotatable bonds is 6. The van der Waals surface area contributed by atoms with Crippen LogP contribution in [0.25, 0.3) is 0 Å². The average Bonchev–Trinajstić information content (AvgIpc) is 3.11. The normalized spacial score (nSPS) is 15.2. The van der Waals surface area contributed by atoms with Gasteiger partial charge in [0.1, 0.15) is 11.5 Å². The van der Waals surface area contributed by atoms with E-state index in [1.54, 1.807) is 29.3 Å². The molecule has 138 valence electrons. The molecular formula is C18H21FN4O3. The minimum absolute atomic E-state index is 0.0304. The molecule has 0 saturated carbocycles. The zero-order chi connectivity index (χ0) is 18.5. The molecule has 0 bridgehead atoms. The van der Waals surface area contributed by atoms with Gasteiger partial charge in [-0.2, -0.15) is 5.10 Å². The van der Waals surface area contributed by atoms with Crippen LogP contribution < -0.4 is 0 Å². The third-order valence-corrected chi connectivity index (χ3v) is 4.39. The van der Waals surface area contributed by atoms with E-state index in [9.17, 15) is 14.0 Å². The van der Waals surface area contributed by atoms with Crippen molar-refractivity contribution in [1.29, 1.82) is 0 Å². The van der Waals surface area contributed by atoms with Gasteiger partial charge in [-0.05, 0) is 23.8 Å². The van der Waals surface area contributed by atoms with Gasteiger partial charge in [0.2, 0.25) is 0 Å². The number of halogens is 1. The third-order valence-electron chi connectivity index (χ3n) is 4.39. The molecule has 1 aliphatic rings. The van der Waals surface area contributed by atoms with Crippen molar-refractivity contribution in [3.05, 3.63) is 53.6 Å². The fourth-order valence-electron chi connectivity index (χ4n) is 2.93. The van der Waals surface area contributed by atoms with Crippen LogP contribution in [-0.4, -0.2) is 62.7 Å². The number of aryl methyl sites for hydroxylation is 1. The number of aromatic nitrogens is 2. The van der Waals surface area contributed by atoms with E-state index in [1.165, 1.54) is 16.8 Å². The van der Waals surface area contributed by atoms with Crippen LogP contribution in [0.5, 0.6) is 0 Å².